The summed E-state index contributed by atoms with van der Waals surface area (Å²) in [7, 11) is 1.53. The van der Waals surface area contributed by atoms with E-state index in [9.17, 15) is 14.4 Å². The summed E-state index contributed by atoms with van der Waals surface area (Å²) < 4.78 is 5.93. The zero-order valence-electron chi connectivity index (χ0n) is 14.3. The highest BCUT2D eigenvalue weighted by molar-refractivity contribution is 9.10. The molecule has 0 saturated heterocycles. The number of amides is 2. The summed E-state index contributed by atoms with van der Waals surface area (Å²) in [6.45, 7) is 3.19. The maximum atomic E-state index is 12.1. The zero-order chi connectivity index (χ0) is 19.0. The second kappa shape index (κ2) is 9.79. The summed E-state index contributed by atoms with van der Waals surface area (Å²) in [5.41, 5.74) is 0.406. The lowest BCUT2D eigenvalue weighted by molar-refractivity contribution is -0.159. The predicted octanol–water partition coefficient (Wildman–Crippen LogP) is 1.87. The number of benzene rings is 1. The van der Waals surface area contributed by atoms with Crippen LogP contribution in [0.2, 0.25) is 0 Å². The Kier molecular flexibility index (Phi) is 8.08. The van der Waals surface area contributed by atoms with Crippen LogP contribution in [-0.2, 0) is 14.3 Å². The number of ether oxygens (including phenoxy) is 1. The molecule has 25 heavy (non-hydrogen) atoms. The lowest BCUT2D eigenvalue weighted by Gasteiger charge is -2.22. The average Bonchev–Trinajstić information content (AvgIpc) is 2.59. The van der Waals surface area contributed by atoms with Crippen LogP contribution in [0.5, 0.6) is 0 Å². The fourth-order valence-corrected chi connectivity index (χ4v) is 2.17. The van der Waals surface area contributed by atoms with Crippen molar-refractivity contribution in [3.63, 3.8) is 0 Å². The van der Waals surface area contributed by atoms with Crippen molar-refractivity contribution < 1.29 is 19.1 Å². The van der Waals surface area contributed by atoms with Crippen molar-refractivity contribution in [2.45, 2.75) is 32.4 Å². The maximum absolute atomic E-state index is 12.1. The first-order valence-electron chi connectivity index (χ1n) is 7.65. The SMILES string of the molecule is C[C@H](NC(=O)c1ccc(Br)cc1)C(=O)O[C@@H](C)C(=O)N(C)CCC#N. The molecule has 0 aliphatic heterocycles. The first-order valence-corrected chi connectivity index (χ1v) is 8.44. The van der Waals surface area contributed by atoms with Crippen molar-refractivity contribution in [3.8, 4) is 6.07 Å². The summed E-state index contributed by atoms with van der Waals surface area (Å²) >= 11 is 3.28. The third kappa shape index (κ3) is 6.55. The molecular formula is C17H20BrN3O4. The Hall–Kier alpha value is -2.40. The van der Waals surface area contributed by atoms with Gasteiger partial charge < -0.3 is 15.0 Å². The van der Waals surface area contributed by atoms with Gasteiger partial charge in [0.1, 0.15) is 6.04 Å². The Balaban J connectivity index is 2.55. The summed E-state index contributed by atoms with van der Waals surface area (Å²) in [4.78, 5) is 37.5. The molecule has 1 aromatic carbocycles. The molecule has 0 spiro atoms. The van der Waals surface area contributed by atoms with Crippen molar-refractivity contribution >= 4 is 33.7 Å². The second-order valence-electron chi connectivity index (χ2n) is 5.45. The van der Waals surface area contributed by atoms with Crippen LogP contribution >= 0.6 is 15.9 Å². The Morgan fingerprint density at radius 3 is 2.44 bits per heavy atom. The van der Waals surface area contributed by atoms with E-state index < -0.39 is 29.9 Å². The number of nitrogens with one attached hydrogen (secondary N) is 1. The van der Waals surface area contributed by atoms with Gasteiger partial charge in [-0.15, -0.1) is 0 Å². The van der Waals surface area contributed by atoms with E-state index in [2.05, 4.69) is 21.2 Å². The molecule has 1 aromatic rings. The Labute approximate surface area is 155 Å². The summed E-state index contributed by atoms with van der Waals surface area (Å²) in [6.07, 6.45) is -0.800. The number of likely N-dealkylation sites (N-methyl/N-ethyl adjacent to an activating group) is 1. The molecule has 0 aliphatic carbocycles. The van der Waals surface area contributed by atoms with E-state index in [1.165, 1.54) is 25.8 Å². The lowest BCUT2D eigenvalue weighted by atomic mass is 10.2. The molecule has 0 fully saturated rings. The Bertz CT molecular complexity index is 669. The van der Waals surface area contributed by atoms with Crippen molar-refractivity contribution in [3.05, 3.63) is 34.3 Å². The summed E-state index contributed by atoms with van der Waals surface area (Å²) in [5.74, 6) is -1.53. The van der Waals surface area contributed by atoms with Crippen molar-refractivity contribution in [2.75, 3.05) is 13.6 Å². The number of carbonyl (C=O) groups excluding carboxylic acids is 3. The van der Waals surface area contributed by atoms with E-state index in [1.54, 1.807) is 24.3 Å². The first-order chi connectivity index (χ1) is 11.8. The third-order valence-corrected chi connectivity index (χ3v) is 3.91. The van der Waals surface area contributed by atoms with Crippen LogP contribution < -0.4 is 5.32 Å². The molecule has 0 aliphatic rings. The van der Waals surface area contributed by atoms with E-state index >= 15 is 0 Å². The quantitative estimate of drug-likeness (QED) is 0.692. The first kappa shape index (κ1) is 20.6. The van der Waals surface area contributed by atoms with Gasteiger partial charge in [-0.2, -0.15) is 5.26 Å². The van der Waals surface area contributed by atoms with Crippen LogP contribution in [0, 0.1) is 11.3 Å². The molecule has 0 radical (unpaired) electrons. The number of halogens is 1. The molecule has 1 N–H and O–H groups in total. The number of rotatable bonds is 7. The number of nitriles is 1. The number of nitrogens with zero attached hydrogens (tertiary/aromatic N) is 2. The lowest BCUT2D eigenvalue weighted by Crippen LogP contribution is -2.44. The van der Waals surface area contributed by atoms with E-state index in [1.807, 2.05) is 6.07 Å². The Morgan fingerprint density at radius 1 is 1.28 bits per heavy atom. The van der Waals surface area contributed by atoms with E-state index in [4.69, 9.17) is 10.00 Å². The molecular weight excluding hydrogens is 390 g/mol. The highest BCUT2D eigenvalue weighted by atomic mass is 79.9. The normalized spacial score (nSPS) is 12.4. The van der Waals surface area contributed by atoms with Crippen LogP contribution in [0.4, 0.5) is 0 Å². The van der Waals surface area contributed by atoms with E-state index in [-0.39, 0.29) is 13.0 Å². The largest absolute Gasteiger partial charge is 0.451 e. The van der Waals surface area contributed by atoms with Crippen molar-refractivity contribution in [1.82, 2.24) is 10.2 Å². The topological polar surface area (TPSA) is 99.5 Å². The third-order valence-electron chi connectivity index (χ3n) is 3.38. The van der Waals surface area contributed by atoms with Gasteiger partial charge in [0.2, 0.25) is 0 Å². The van der Waals surface area contributed by atoms with Crippen LogP contribution in [0.25, 0.3) is 0 Å². The fourth-order valence-electron chi connectivity index (χ4n) is 1.91. The molecule has 0 aromatic heterocycles. The van der Waals surface area contributed by atoms with Gasteiger partial charge in [-0.25, -0.2) is 4.79 Å². The highest BCUT2D eigenvalue weighted by Crippen LogP contribution is 2.10. The molecule has 0 unspecified atom stereocenters. The van der Waals surface area contributed by atoms with E-state index in [0.29, 0.717) is 5.56 Å². The molecule has 134 valence electrons. The molecule has 0 saturated carbocycles. The number of carbonyl (C=O) groups is 3. The van der Waals surface area contributed by atoms with Gasteiger partial charge in [0.25, 0.3) is 11.8 Å². The Morgan fingerprint density at radius 2 is 1.88 bits per heavy atom. The van der Waals surface area contributed by atoms with Gasteiger partial charge in [0, 0.05) is 23.6 Å². The molecule has 2 amide bonds. The molecule has 7 nitrogen and oxygen atoms in total. The standard InChI is InChI=1S/C17H20BrN3O4/c1-11(20-15(22)13-5-7-14(18)8-6-13)17(24)25-12(2)16(23)21(3)10-4-9-19/h5-8,11-12H,4,10H2,1-3H3,(H,20,22)/t11-,12-/m0/s1. The van der Waals surface area contributed by atoms with Crippen molar-refractivity contribution in [1.29, 1.82) is 5.26 Å². The zero-order valence-corrected chi connectivity index (χ0v) is 15.9. The summed E-state index contributed by atoms with van der Waals surface area (Å²) in [5, 5.41) is 11.1. The molecule has 1 rings (SSSR count). The molecule has 8 heteroatoms. The predicted molar refractivity (Wildman–Crippen MR) is 94.5 cm³/mol. The molecule has 0 bridgehead atoms. The van der Waals surface area contributed by atoms with Crippen LogP contribution in [0.3, 0.4) is 0 Å². The molecule has 0 heterocycles. The summed E-state index contributed by atoms with van der Waals surface area (Å²) in [6, 6.07) is 7.71. The van der Waals surface area contributed by atoms with Gasteiger partial charge in [-0.1, -0.05) is 15.9 Å². The molecule has 2 atom stereocenters. The van der Waals surface area contributed by atoms with Gasteiger partial charge in [-0.3, -0.25) is 9.59 Å². The maximum Gasteiger partial charge on any atom is 0.329 e. The number of hydrogen-bond acceptors (Lipinski definition) is 5. The monoisotopic (exact) mass is 409 g/mol. The minimum atomic E-state index is -0.997. The van der Waals surface area contributed by atoms with Gasteiger partial charge in [-0.05, 0) is 38.1 Å². The second-order valence-corrected chi connectivity index (χ2v) is 6.36. The van der Waals surface area contributed by atoms with Crippen molar-refractivity contribution in [2.24, 2.45) is 0 Å². The van der Waals surface area contributed by atoms with Crippen LogP contribution in [0.15, 0.2) is 28.7 Å². The number of esters is 1. The fraction of sp³-hybridized carbons (Fsp3) is 0.412. The van der Waals surface area contributed by atoms with Gasteiger partial charge >= 0.3 is 5.97 Å². The number of hydrogen-bond donors (Lipinski definition) is 1. The smallest absolute Gasteiger partial charge is 0.329 e. The van der Waals surface area contributed by atoms with Crippen LogP contribution in [0.1, 0.15) is 30.6 Å². The highest BCUT2D eigenvalue weighted by Gasteiger charge is 2.25. The average molecular weight is 410 g/mol. The van der Waals surface area contributed by atoms with Gasteiger partial charge in [0.05, 0.1) is 12.5 Å². The van der Waals surface area contributed by atoms with Gasteiger partial charge in [0.15, 0.2) is 6.10 Å². The van der Waals surface area contributed by atoms with E-state index in [0.717, 1.165) is 4.47 Å². The minimum Gasteiger partial charge on any atom is -0.451 e. The van der Waals surface area contributed by atoms with Crippen LogP contribution in [-0.4, -0.2) is 48.4 Å². The minimum absolute atomic E-state index is 0.197.